The van der Waals surface area contributed by atoms with Gasteiger partial charge in [0, 0.05) is 33.1 Å². The Bertz CT molecular complexity index is 647. The zero-order valence-corrected chi connectivity index (χ0v) is 18.1. The number of carbonyl (C=O) groups excluding carboxylic acids is 1. The number of methoxy groups -OCH3 is 1. The average Bonchev–Trinajstić information content (AvgIpc) is 3.10. The van der Waals surface area contributed by atoms with Gasteiger partial charge in [-0.2, -0.15) is 0 Å². The van der Waals surface area contributed by atoms with Gasteiger partial charge in [0.25, 0.3) is 0 Å². The number of hydrogen-bond acceptors (Lipinski definition) is 5. The van der Waals surface area contributed by atoms with Crippen LogP contribution in [0.5, 0.6) is 0 Å². The molecule has 3 heterocycles. The van der Waals surface area contributed by atoms with Crippen molar-refractivity contribution in [3.8, 4) is 0 Å². The van der Waals surface area contributed by atoms with E-state index in [4.69, 9.17) is 4.74 Å². The summed E-state index contributed by atoms with van der Waals surface area (Å²) in [5.74, 6) is 2.83. The van der Waals surface area contributed by atoms with E-state index in [1.165, 1.54) is 26.4 Å². The van der Waals surface area contributed by atoms with Crippen molar-refractivity contribution >= 4 is 35.9 Å². The Morgan fingerprint density at radius 3 is 2.85 bits per heavy atom. The van der Waals surface area contributed by atoms with Crippen molar-refractivity contribution in [3.05, 3.63) is 11.6 Å². The number of ether oxygens (including phenoxy) is 1. The lowest BCUT2D eigenvalue weighted by molar-refractivity contribution is -0.145. The van der Waals surface area contributed by atoms with Crippen LogP contribution in [0.25, 0.3) is 0 Å². The van der Waals surface area contributed by atoms with E-state index in [1.807, 2.05) is 0 Å². The van der Waals surface area contributed by atoms with Crippen LogP contribution in [0, 0.1) is 11.8 Å². The molecule has 0 aromatic carbocycles. The Hall–Kier alpha value is -1.39. The smallest absolute Gasteiger partial charge is 0.310 e. The Labute approximate surface area is 171 Å². The largest absolute Gasteiger partial charge is 0.469 e. The van der Waals surface area contributed by atoms with Gasteiger partial charge in [0.15, 0.2) is 11.8 Å². The van der Waals surface area contributed by atoms with Crippen LogP contribution >= 0.6 is 24.0 Å². The van der Waals surface area contributed by atoms with E-state index in [0.717, 1.165) is 37.1 Å². The number of aromatic nitrogens is 3. The van der Waals surface area contributed by atoms with Crippen molar-refractivity contribution in [2.45, 2.75) is 45.7 Å². The highest BCUT2D eigenvalue weighted by Gasteiger charge is 2.36. The molecular weight excluding hydrogens is 447 g/mol. The third-order valence-electron chi connectivity index (χ3n) is 5.22. The normalized spacial score (nSPS) is 23.0. The molecule has 2 aliphatic rings. The Balaban J connectivity index is 0.00000243. The molecular formula is C17H29IN6O2. The second-order valence-electron chi connectivity index (χ2n) is 6.91. The molecule has 26 heavy (non-hydrogen) atoms. The molecule has 0 aliphatic carbocycles. The molecule has 1 aromatic rings. The number of carbonyl (C=O) groups is 1. The van der Waals surface area contributed by atoms with Crippen molar-refractivity contribution < 1.29 is 9.53 Å². The molecule has 2 atom stereocenters. The van der Waals surface area contributed by atoms with Crippen molar-refractivity contribution in [1.29, 1.82) is 0 Å². The molecule has 1 fully saturated rings. The number of rotatable bonds is 3. The Kier molecular flexibility index (Phi) is 7.66. The van der Waals surface area contributed by atoms with Gasteiger partial charge in [-0.3, -0.25) is 9.79 Å². The average molecular weight is 476 g/mol. The molecule has 0 spiro atoms. The van der Waals surface area contributed by atoms with Gasteiger partial charge in [0.05, 0.1) is 19.6 Å². The van der Waals surface area contributed by atoms with Gasteiger partial charge in [0.2, 0.25) is 0 Å². The fourth-order valence-electron chi connectivity index (χ4n) is 3.76. The lowest BCUT2D eigenvalue weighted by Gasteiger charge is -2.21. The van der Waals surface area contributed by atoms with Gasteiger partial charge in [-0.15, -0.1) is 34.2 Å². The van der Waals surface area contributed by atoms with Crippen LogP contribution in [0.15, 0.2) is 4.99 Å². The van der Waals surface area contributed by atoms with E-state index in [-0.39, 0.29) is 41.8 Å². The number of nitrogens with one attached hydrogen (secondary N) is 1. The van der Waals surface area contributed by atoms with Crippen LogP contribution in [0.3, 0.4) is 0 Å². The maximum absolute atomic E-state index is 11.9. The summed E-state index contributed by atoms with van der Waals surface area (Å²) in [4.78, 5) is 18.4. The molecule has 1 saturated heterocycles. The minimum Gasteiger partial charge on any atom is -0.469 e. The van der Waals surface area contributed by atoms with E-state index in [2.05, 4.69) is 36.9 Å². The summed E-state index contributed by atoms with van der Waals surface area (Å²) in [5, 5.41) is 12.1. The maximum atomic E-state index is 11.9. The molecule has 2 aliphatic heterocycles. The third-order valence-corrected chi connectivity index (χ3v) is 5.22. The molecule has 8 nitrogen and oxygen atoms in total. The van der Waals surface area contributed by atoms with Crippen molar-refractivity contribution in [2.75, 3.05) is 27.2 Å². The summed E-state index contributed by atoms with van der Waals surface area (Å²) < 4.78 is 7.14. The monoisotopic (exact) mass is 476 g/mol. The third kappa shape index (κ3) is 4.47. The number of aliphatic imine (C=N–C) groups is 1. The predicted molar refractivity (Wildman–Crippen MR) is 109 cm³/mol. The standard InChI is InChI=1S/C17H28N6O2.HI/c1-12-10-22(11-13(12)16(24)25-3)17(18-2)19-9-15-21-20-14-7-5-4-6-8-23(14)15;/h12-13H,4-11H2,1-3H3,(H,18,19);1H. The zero-order valence-electron chi connectivity index (χ0n) is 15.8. The molecule has 0 bridgehead atoms. The molecule has 3 rings (SSSR count). The predicted octanol–water partition coefficient (Wildman–Crippen LogP) is 1.44. The Morgan fingerprint density at radius 2 is 2.12 bits per heavy atom. The van der Waals surface area contributed by atoms with Crippen LogP contribution in [-0.4, -0.2) is 58.8 Å². The molecule has 1 aromatic heterocycles. The number of likely N-dealkylation sites (tertiary alicyclic amines) is 1. The number of halogens is 1. The molecule has 0 radical (unpaired) electrons. The topological polar surface area (TPSA) is 84.6 Å². The first-order valence-corrected chi connectivity index (χ1v) is 9.08. The summed E-state index contributed by atoms with van der Waals surface area (Å²) >= 11 is 0. The van der Waals surface area contributed by atoms with Gasteiger partial charge < -0.3 is 19.5 Å². The first kappa shape index (κ1) is 20.9. The summed E-state index contributed by atoms with van der Waals surface area (Å²) in [6.45, 7) is 5.08. The number of esters is 1. The quantitative estimate of drug-likeness (QED) is 0.308. The zero-order chi connectivity index (χ0) is 17.8. The van der Waals surface area contributed by atoms with Crippen LogP contribution in [-0.2, 0) is 29.0 Å². The number of aryl methyl sites for hydroxylation is 1. The summed E-state index contributed by atoms with van der Waals surface area (Å²) in [5.41, 5.74) is 0. The van der Waals surface area contributed by atoms with E-state index in [9.17, 15) is 4.79 Å². The van der Waals surface area contributed by atoms with Crippen molar-refractivity contribution in [3.63, 3.8) is 0 Å². The van der Waals surface area contributed by atoms with E-state index in [0.29, 0.717) is 13.1 Å². The highest BCUT2D eigenvalue weighted by Crippen LogP contribution is 2.24. The number of guanidine groups is 1. The summed E-state index contributed by atoms with van der Waals surface area (Å²) in [7, 11) is 3.21. The Morgan fingerprint density at radius 1 is 1.31 bits per heavy atom. The van der Waals surface area contributed by atoms with Gasteiger partial charge in [0.1, 0.15) is 5.82 Å². The molecule has 146 valence electrons. The molecule has 1 N–H and O–H groups in total. The number of nitrogens with zero attached hydrogens (tertiary/aromatic N) is 5. The van der Waals surface area contributed by atoms with Gasteiger partial charge >= 0.3 is 5.97 Å². The lowest BCUT2D eigenvalue weighted by Crippen LogP contribution is -2.40. The minimum absolute atomic E-state index is 0. The van der Waals surface area contributed by atoms with Crippen molar-refractivity contribution in [1.82, 2.24) is 25.0 Å². The summed E-state index contributed by atoms with van der Waals surface area (Å²) in [6, 6.07) is 0. The van der Waals surface area contributed by atoms with Crippen LogP contribution < -0.4 is 5.32 Å². The summed E-state index contributed by atoms with van der Waals surface area (Å²) in [6.07, 6.45) is 4.62. The lowest BCUT2D eigenvalue weighted by atomic mass is 9.99. The highest BCUT2D eigenvalue weighted by atomic mass is 127. The first-order chi connectivity index (χ1) is 12.1. The van der Waals surface area contributed by atoms with Crippen molar-refractivity contribution in [2.24, 2.45) is 16.8 Å². The molecule has 0 amide bonds. The molecule has 0 saturated carbocycles. The van der Waals surface area contributed by atoms with Gasteiger partial charge in [-0.05, 0) is 18.8 Å². The SMILES string of the molecule is CN=C(NCc1nnc2n1CCCCC2)N1CC(C)C(C(=O)OC)C1.I. The van der Waals surface area contributed by atoms with E-state index < -0.39 is 0 Å². The van der Waals surface area contributed by atoms with E-state index in [1.54, 1.807) is 7.05 Å². The second kappa shape index (κ2) is 9.52. The number of fused-ring (bicyclic) bond motifs is 1. The highest BCUT2D eigenvalue weighted by molar-refractivity contribution is 14.0. The van der Waals surface area contributed by atoms with Crippen LogP contribution in [0.4, 0.5) is 0 Å². The van der Waals surface area contributed by atoms with Gasteiger partial charge in [-0.25, -0.2) is 0 Å². The first-order valence-electron chi connectivity index (χ1n) is 9.08. The van der Waals surface area contributed by atoms with E-state index >= 15 is 0 Å². The van der Waals surface area contributed by atoms with Crippen LogP contribution in [0.2, 0.25) is 0 Å². The van der Waals surface area contributed by atoms with Gasteiger partial charge in [-0.1, -0.05) is 13.3 Å². The minimum atomic E-state index is -0.145. The second-order valence-corrected chi connectivity index (χ2v) is 6.91. The molecule has 2 unspecified atom stereocenters. The maximum Gasteiger partial charge on any atom is 0.310 e. The van der Waals surface area contributed by atoms with Crippen LogP contribution in [0.1, 0.15) is 37.8 Å². The fourth-order valence-corrected chi connectivity index (χ4v) is 3.76. The molecule has 9 heteroatoms. The fraction of sp³-hybridized carbons (Fsp3) is 0.765. The number of hydrogen-bond donors (Lipinski definition) is 1.